The summed E-state index contributed by atoms with van der Waals surface area (Å²) in [4.78, 5) is 24.5. The number of halogens is 4. The van der Waals surface area contributed by atoms with Gasteiger partial charge in [0.25, 0.3) is 0 Å². The first kappa shape index (κ1) is 33.9. The van der Waals surface area contributed by atoms with Crippen LogP contribution < -0.4 is 15.8 Å². The van der Waals surface area contributed by atoms with Crippen molar-refractivity contribution in [2.24, 2.45) is 0 Å². The fraction of sp³-hybridized carbons (Fsp3) is 0.267. The third kappa shape index (κ3) is 7.80. The molecule has 1 atom stereocenters. The van der Waals surface area contributed by atoms with Gasteiger partial charge < -0.3 is 25.8 Å². The van der Waals surface area contributed by atoms with Gasteiger partial charge in [-0.15, -0.1) is 5.10 Å². The van der Waals surface area contributed by atoms with Crippen LogP contribution in [-0.4, -0.2) is 66.1 Å². The molecular formula is C30H29F4N5O6S. The number of fused-ring (bicyclic) bond motifs is 1. The molecule has 0 saturated heterocycles. The molecule has 16 heteroatoms. The van der Waals surface area contributed by atoms with Crippen molar-refractivity contribution < 1.29 is 45.4 Å². The van der Waals surface area contributed by atoms with E-state index >= 15 is 0 Å². The third-order valence-corrected chi connectivity index (χ3v) is 9.39. The van der Waals surface area contributed by atoms with E-state index in [-0.39, 0.29) is 34.2 Å². The molecule has 11 nitrogen and oxygen atoms in total. The maximum atomic E-state index is 14.2. The molecule has 0 spiro atoms. The standard InChI is InChI=1S/C28H28FN5O4S.C2HF3O2/c1-34(16-18-5-3-4-6-25(18)39(36,37)21-9-10-21)28(35)26(17-7-12-23(29)24(14-17)38-2)32-20-8-11-22-19(13-20)15-31-33-27(22)30;3-2(4,5)1(6)7/h3-8,11-15,21,26,32H,9-10,16H2,1-2H3,(H2,30,33);(H,6,7). The Hall–Kier alpha value is -4.99. The highest BCUT2D eigenvalue weighted by Gasteiger charge is 2.39. The maximum Gasteiger partial charge on any atom is 0.490 e. The largest absolute Gasteiger partial charge is 0.494 e. The van der Waals surface area contributed by atoms with Crippen molar-refractivity contribution in [2.75, 3.05) is 25.2 Å². The van der Waals surface area contributed by atoms with Gasteiger partial charge in [-0.1, -0.05) is 24.3 Å². The fourth-order valence-electron chi connectivity index (χ4n) is 4.53. The Morgan fingerprint density at radius 1 is 1.13 bits per heavy atom. The van der Waals surface area contributed by atoms with Crippen LogP contribution in [0.4, 0.5) is 29.1 Å². The second kappa shape index (κ2) is 13.6. The smallest absolute Gasteiger partial charge is 0.490 e. The maximum absolute atomic E-state index is 14.2. The van der Waals surface area contributed by atoms with Gasteiger partial charge in [0, 0.05) is 30.1 Å². The van der Waals surface area contributed by atoms with E-state index in [1.807, 2.05) is 0 Å². The minimum absolute atomic E-state index is 0.00261. The zero-order chi connectivity index (χ0) is 33.8. The number of carboxylic acids is 1. The van der Waals surface area contributed by atoms with Crippen molar-refractivity contribution in [3.8, 4) is 5.75 Å². The van der Waals surface area contributed by atoms with Crippen molar-refractivity contribution in [2.45, 2.75) is 41.7 Å². The molecule has 1 aromatic heterocycles. The average molecular weight is 664 g/mol. The number of likely N-dealkylation sites (N-methyl/N-ethyl adjacent to an activating group) is 1. The summed E-state index contributed by atoms with van der Waals surface area (Å²) >= 11 is 0. The number of nitrogens with one attached hydrogen (secondary N) is 1. The highest BCUT2D eigenvalue weighted by Crippen LogP contribution is 2.35. The molecule has 0 bridgehead atoms. The number of benzene rings is 3. The number of carbonyl (C=O) groups is 2. The van der Waals surface area contributed by atoms with Crippen molar-refractivity contribution >= 4 is 44.0 Å². The van der Waals surface area contributed by atoms with Crippen molar-refractivity contribution in [3.63, 3.8) is 0 Å². The number of hydrogen-bond acceptors (Lipinski definition) is 9. The Bertz CT molecular complexity index is 1870. The van der Waals surface area contributed by atoms with Crippen molar-refractivity contribution in [1.82, 2.24) is 15.1 Å². The number of methoxy groups -OCH3 is 1. The van der Waals surface area contributed by atoms with Crippen LogP contribution in [0.3, 0.4) is 0 Å². The Morgan fingerprint density at radius 2 is 1.80 bits per heavy atom. The number of aliphatic carboxylic acids is 1. The predicted octanol–water partition coefficient (Wildman–Crippen LogP) is 4.74. The molecule has 1 aliphatic carbocycles. The van der Waals surface area contributed by atoms with E-state index in [9.17, 15) is 30.8 Å². The number of carboxylic acid groups (broad SMARTS) is 1. The van der Waals surface area contributed by atoms with Crippen molar-refractivity contribution in [3.05, 3.63) is 83.8 Å². The number of alkyl halides is 3. The minimum atomic E-state index is -5.08. The minimum Gasteiger partial charge on any atom is -0.494 e. The number of ether oxygens (including phenoxy) is 1. The van der Waals surface area contributed by atoms with E-state index in [1.54, 1.807) is 55.7 Å². The number of sulfone groups is 1. The van der Waals surface area contributed by atoms with Crippen LogP contribution in [0.2, 0.25) is 0 Å². The highest BCUT2D eigenvalue weighted by atomic mass is 32.2. The number of nitrogens with zero attached hydrogens (tertiary/aromatic N) is 3. The molecule has 0 aliphatic heterocycles. The number of carbonyl (C=O) groups excluding carboxylic acids is 1. The van der Waals surface area contributed by atoms with Gasteiger partial charge in [-0.25, -0.2) is 17.6 Å². The number of rotatable bonds is 9. The molecule has 1 fully saturated rings. The molecule has 1 saturated carbocycles. The average Bonchev–Trinajstić information content (AvgIpc) is 3.87. The first-order chi connectivity index (χ1) is 21.6. The summed E-state index contributed by atoms with van der Waals surface area (Å²) < 4.78 is 77.1. The Balaban J connectivity index is 0.000000617. The molecule has 46 heavy (non-hydrogen) atoms. The molecular weight excluding hydrogens is 634 g/mol. The number of nitrogen functional groups attached to an aromatic ring is 1. The van der Waals surface area contributed by atoms with Crippen LogP contribution in [0.1, 0.15) is 30.0 Å². The first-order valence-corrected chi connectivity index (χ1v) is 15.2. The van der Waals surface area contributed by atoms with Crippen LogP contribution >= 0.6 is 0 Å². The molecule has 1 aliphatic rings. The van der Waals surface area contributed by atoms with Crippen LogP contribution in [0.15, 0.2) is 71.8 Å². The number of nitrogens with two attached hydrogens (primary N) is 1. The molecule has 4 aromatic rings. The Labute approximate surface area is 260 Å². The van der Waals surface area contributed by atoms with E-state index in [4.69, 9.17) is 20.4 Å². The number of hydrogen-bond donors (Lipinski definition) is 3. The lowest BCUT2D eigenvalue weighted by Crippen LogP contribution is -2.35. The normalized spacial score (nSPS) is 13.7. The van der Waals surface area contributed by atoms with Crippen LogP contribution in [0.25, 0.3) is 10.8 Å². The lowest BCUT2D eigenvalue weighted by molar-refractivity contribution is -0.192. The quantitative estimate of drug-likeness (QED) is 0.213. The third-order valence-electron chi connectivity index (χ3n) is 7.02. The molecule has 1 unspecified atom stereocenters. The molecule has 3 aromatic carbocycles. The van der Waals surface area contributed by atoms with E-state index in [0.717, 1.165) is 5.39 Å². The van der Waals surface area contributed by atoms with E-state index in [1.165, 1.54) is 30.2 Å². The highest BCUT2D eigenvalue weighted by molar-refractivity contribution is 7.92. The summed E-state index contributed by atoms with van der Waals surface area (Å²) in [7, 11) is -0.502. The monoisotopic (exact) mass is 663 g/mol. The molecule has 1 amide bonds. The van der Waals surface area contributed by atoms with Gasteiger partial charge in [-0.05, 0) is 60.4 Å². The molecule has 0 radical (unpaired) electrons. The number of anilines is 2. The molecule has 1 heterocycles. The van der Waals surface area contributed by atoms with Gasteiger partial charge in [0.05, 0.1) is 23.5 Å². The second-order valence-electron chi connectivity index (χ2n) is 10.4. The van der Waals surface area contributed by atoms with Crippen LogP contribution in [-0.2, 0) is 26.0 Å². The summed E-state index contributed by atoms with van der Waals surface area (Å²) in [5.41, 5.74) is 7.53. The molecule has 244 valence electrons. The summed E-state index contributed by atoms with van der Waals surface area (Å²) in [5, 5.41) is 19.2. The summed E-state index contributed by atoms with van der Waals surface area (Å²) in [5.74, 6) is -3.38. The zero-order valence-electron chi connectivity index (χ0n) is 24.5. The van der Waals surface area contributed by atoms with Gasteiger partial charge in [0.2, 0.25) is 5.91 Å². The van der Waals surface area contributed by atoms with E-state index < -0.39 is 33.8 Å². The van der Waals surface area contributed by atoms with E-state index in [0.29, 0.717) is 35.0 Å². The van der Waals surface area contributed by atoms with Gasteiger partial charge in [0.15, 0.2) is 27.2 Å². The lowest BCUT2D eigenvalue weighted by Gasteiger charge is -2.27. The summed E-state index contributed by atoms with van der Waals surface area (Å²) in [6.45, 7) is 0.0707. The lowest BCUT2D eigenvalue weighted by atomic mass is 10.0. The van der Waals surface area contributed by atoms with Crippen LogP contribution in [0, 0.1) is 5.82 Å². The Kier molecular flexibility index (Phi) is 9.99. The number of amides is 1. The van der Waals surface area contributed by atoms with E-state index in [2.05, 4.69) is 15.5 Å². The van der Waals surface area contributed by atoms with Gasteiger partial charge >= 0.3 is 12.1 Å². The second-order valence-corrected chi connectivity index (χ2v) is 12.5. The van der Waals surface area contributed by atoms with Gasteiger partial charge in [-0.3, -0.25) is 4.79 Å². The first-order valence-electron chi connectivity index (χ1n) is 13.6. The van der Waals surface area contributed by atoms with Gasteiger partial charge in [0.1, 0.15) is 6.04 Å². The van der Waals surface area contributed by atoms with Crippen molar-refractivity contribution in [1.29, 1.82) is 0 Å². The SMILES string of the molecule is COc1cc(C(Nc2ccc3c(N)nncc3c2)C(=O)N(C)Cc2ccccc2S(=O)(=O)C2CC2)ccc1F.O=C(O)C(F)(F)F. The summed E-state index contributed by atoms with van der Waals surface area (Å²) in [6.07, 6.45) is -2.22. The fourth-order valence-corrected chi connectivity index (χ4v) is 6.42. The Morgan fingerprint density at radius 3 is 2.43 bits per heavy atom. The van der Waals surface area contributed by atoms with Gasteiger partial charge in [-0.2, -0.15) is 18.3 Å². The zero-order valence-corrected chi connectivity index (χ0v) is 25.3. The van der Waals surface area contributed by atoms with Crippen LogP contribution in [0.5, 0.6) is 5.75 Å². The molecule has 5 rings (SSSR count). The molecule has 4 N–H and O–H groups in total. The number of aromatic nitrogens is 2. The predicted molar refractivity (Wildman–Crippen MR) is 160 cm³/mol. The topological polar surface area (TPSA) is 165 Å². The summed E-state index contributed by atoms with van der Waals surface area (Å²) in [6, 6.07) is 15.4.